The lowest BCUT2D eigenvalue weighted by atomic mass is 10.1. The Bertz CT molecular complexity index is 782. The number of likely N-dealkylation sites (tertiary alicyclic amines) is 1. The van der Waals surface area contributed by atoms with Crippen molar-refractivity contribution in [3.8, 4) is 0 Å². The zero-order chi connectivity index (χ0) is 19.2. The van der Waals surface area contributed by atoms with Gasteiger partial charge in [0.2, 0.25) is 0 Å². The number of aryl methyl sites for hydroxylation is 1. The van der Waals surface area contributed by atoms with Crippen LogP contribution in [0.3, 0.4) is 0 Å². The first kappa shape index (κ1) is 19.0. The lowest BCUT2D eigenvalue weighted by molar-refractivity contribution is 0.199. The molecule has 2 aromatic rings. The molecule has 1 saturated heterocycles. The second kappa shape index (κ2) is 8.77. The predicted molar refractivity (Wildman–Crippen MR) is 105 cm³/mol. The number of pyridine rings is 1. The predicted octanol–water partition coefficient (Wildman–Crippen LogP) is 2.28. The number of nitrogens with zero attached hydrogens (tertiary/aromatic N) is 5. The van der Waals surface area contributed by atoms with Crippen LogP contribution in [0.15, 0.2) is 30.7 Å². The number of nitrogens with one attached hydrogen (secondary N) is 1. The molecule has 0 saturated carbocycles. The van der Waals surface area contributed by atoms with Crippen molar-refractivity contribution in [2.75, 3.05) is 31.2 Å². The average molecular weight is 369 g/mol. The SMILES string of the molecule is Cc1ccncc1NC(=O)N1CCC[C@@H](N(C)Cc2nccc(N)n2)CC1. The highest BCUT2D eigenvalue weighted by atomic mass is 16.2. The van der Waals surface area contributed by atoms with Gasteiger partial charge in [0.25, 0.3) is 0 Å². The Hall–Kier alpha value is -2.74. The van der Waals surface area contributed by atoms with E-state index in [1.165, 1.54) is 0 Å². The standard InChI is InChI=1S/C19H27N7O/c1-14-5-8-21-12-16(14)23-19(27)26-10-3-4-15(7-11-26)25(2)13-18-22-9-6-17(20)24-18/h5-6,8-9,12,15H,3-4,7,10-11,13H2,1-2H3,(H,23,27)(H2,20,22,24)/t15-/m1/s1. The molecule has 3 N–H and O–H groups in total. The number of carbonyl (C=O) groups is 1. The van der Waals surface area contributed by atoms with E-state index >= 15 is 0 Å². The molecule has 0 aromatic carbocycles. The Morgan fingerprint density at radius 1 is 1.33 bits per heavy atom. The van der Waals surface area contributed by atoms with Gasteiger partial charge in [0.05, 0.1) is 18.4 Å². The highest BCUT2D eigenvalue weighted by Gasteiger charge is 2.24. The molecule has 27 heavy (non-hydrogen) atoms. The van der Waals surface area contributed by atoms with E-state index in [0.717, 1.165) is 49.4 Å². The maximum Gasteiger partial charge on any atom is 0.321 e. The van der Waals surface area contributed by atoms with Crippen LogP contribution in [0.1, 0.15) is 30.7 Å². The summed E-state index contributed by atoms with van der Waals surface area (Å²) in [4.78, 5) is 29.4. The number of amides is 2. The van der Waals surface area contributed by atoms with Crippen LogP contribution in [-0.4, -0.2) is 57.0 Å². The van der Waals surface area contributed by atoms with Gasteiger partial charge < -0.3 is 16.0 Å². The first-order chi connectivity index (χ1) is 13.0. The van der Waals surface area contributed by atoms with Gasteiger partial charge in [0, 0.05) is 31.5 Å². The summed E-state index contributed by atoms with van der Waals surface area (Å²) in [5.41, 5.74) is 7.51. The van der Waals surface area contributed by atoms with E-state index in [-0.39, 0.29) is 6.03 Å². The third kappa shape index (κ3) is 5.13. The summed E-state index contributed by atoms with van der Waals surface area (Å²) in [7, 11) is 2.08. The minimum atomic E-state index is -0.0615. The van der Waals surface area contributed by atoms with Crippen LogP contribution in [0.4, 0.5) is 16.3 Å². The fraction of sp³-hybridized carbons (Fsp3) is 0.474. The number of nitrogen functional groups attached to an aromatic ring is 1. The Kier molecular flexibility index (Phi) is 6.18. The first-order valence-electron chi connectivity index (χ1n) is 9.27. The summed E-state index contributed by atoms with van der Waals surface area (Å²) in [6, 6.07) is 3.90. The number of nitrogens with two attached hydrogens (primary N) is 1. The lowest BCUT2D eigenvalue weighted by Crippen LogP contribution is -2.37. The summed E-state index contributed by atoms with van der Waals surface area (Å²) < 4.78 is 0. The largest absolute Gasteiger partial charge is 0.384 e. The third-order valence-electron chi connectivity index (χ3n) is 5.01. The Morgan fingerprint density at radius 3 is 2.96 bits per heavy atom. The lowest BCUT2D eigenvalue weighted by Gasteiger charge is -2.26. The zero-order valence-corrected chi connectivity index (χ0v) is 15.9. The molecule has 0 spiro atoms. The van der Waals surface area contributed by atoms with Gasteiger partial charge >= 0.3 is 6.03 Å². The van der Waals surface area contributed by atoms with Crippen molar-refractivity contribution in [3.05, 3.63) is 42.1 Å². The second-order valence-electron chi connectivity index (χ2n) is 7.01. The van der Waals surface area contributed by atoms with E-state index in [1.54, 1.807) is 24.7 Å². The second-order valence-corrected chi connectivity index (χ2v) is 7.01. The fourth-order valence-electron chi connectivity index (χ4n) is 3.35. The number of aromatic nitrogens is 3. The van der Waals surface area contributed by atoms with E-state index in [9.17, 15) is 4.79 Å². The number of hydrogen-bond donors (Lipinski definition) is 2. The monoisotopic (exact) mass is 369 g/mol. The summed E-state index contributed by atoms with van der Waals surface area (Å²) in [5, 5.41) is 2.97. The summed E-state index contributed by atoms with van der Waals surface area (Å²) in [6.45, 7) is 4.09. The molecule has 2 amide bonds. The molecule has 0 bridgehead atoms. The van der Waals surface area contributed by atoms with Crippen molar-refractivity contribution in [1.29, 1.82) is 0 Å². The first-order valence-corrected chi connectivity index (χ1v) is 9.27. The van der Waals surface area contributed by atoms with Crippen molar-refractivity contribution < 1.29 is 4.79 Å². The topological polar surface area (TPSA) is 100 Å². The van der Waals surface area contributed by atoms with Gasteiger partial charge in [-0.1, -0.05) is 0 Å². The molecular weight excluding hydrogens is 342 g/mol. The highest BCUT2D eigenvalue weighted by Crippen LogP contribution is 2.19. The van der Waals surface area contributed by atoms with Crippen LogP contribution in [0.5, 0.6) is 0 Å². The van der Waals surface area contributed by atoms with Gasteiger partial charge in [0.15, 0.2) is 0 Å². The van der Waals surface area contributed by atoms with Crippen LogP contribution in [0.2, 0.25) is 0 Å². The quantitative estimate of drug-likeness (QED) is 0.857. The Balaban J connectivity index is 1.55. The van der Waals surface area contributed by atoms with E-state index in [1.807, 2.05) is 17.9 Å². The molecule has 0 radical (unpaired) electrons. The summed E-state index contributed by atoms with van der Waals surface area (Å²) in [6.07, 6.45) is 8.01. The highest BCUT2D eigenvalue weighted by molar-refractivity contribution is 5.89. The van der Waals surface area contributed by atoms with Crippen LogP contribution >= 0.6 is 0 Å². The molecule has 2 aromatic heterocycles. The van der Waals surface area contributed by atoms with Gasteiger partial charge in [-0.3, -0.25) is 9.88 Å². The molecule has 3 rings (SSSR count). The van der Waals surface area contributed by atoms with Crippen LogP contribution < -0.4 is 11.1 Å². The van der Waals surface area contributed by atoms with Crippen molar-refractivity contribution in [3.63, 3.8) is 0 Å². The normalized spacial score (nSPS) is 17.6. The molecule has 3 heterocycles. The van der Waals surface area contributed by atoms with Crippen molar-refractivity contribution in [2.45, 2.75) is 38.8 Å². The maximum absolute atomic E-state index is 12.6. The molecule has 1 aliphatic rings. The maximum atomic E-state index is 12.6. The number of carbonyl (C=O) groups excluding carboxylic acids is 1. The van der Waals surface area contributed by atoms with E-state index < -0.39 is 0 Å². The number of rotatable bonds is 4. The molecular formula is C19H27N7O. The molecule has 1 aliphatic heterocycles. The van der Waals surface area contributed by atoms with Crippen molar-refractivity contribution >= 4 is 17.5 Å². The smallest absolute Gasteiger partial charge is 0.321 e. The van der Waals surface area contributed by atoms with Gasteiger partial charge in [-0.15, -0.1) is 0 Å². The van der Waals surface area contributed by atoms with E-state index in [4.69, 9.17) is 5.73 Å². The van der Waals surface area contributed by atoms with Crippen LogP contribution in [0.25, 0.3) is 0 Å². The van der Waals surface area contributed by atoms with Crippen molar-refractivity contribution in [2.24, 2.45) is 0 Å². The van der Waals surface area contributed by atoms with Gasteiger partial charge in [-0.05, 0) is 50.9 Å². The van der Waals surface area contributed by atoms with Crippen LogP contribution in [0, 0.1) is 6.92 Å². The minimum absolute atomic E-state index is 0.0615. The van der Waals surface area contributed by atoms with Gasteiger partial charge in [-0.25, -0.2) is 14.8 Å². The number of anilines is 2. The summed E-state index contributed by atoms with van der Waals surface area (Å²) in [5.74, 6) is 1.21. The third-order valence-corrected chi connectivity index (χ3v) is 5.01. The Morgan fingerprint density at radius 2 is 2.19 bits per heavy atom. The molecule has 0 unspecified atom stereocenters. The van der Waals surface area contributed by atoms with Gasteiger partial charge in [-0.2, -0.15) is 0 Å². The molecule has 8 nitrogen and oxygen atoms in total. The van der Waals surface area contributed by atoms with Crippen molar-refractivity contribution in [1.82, 2.24) is 24.8 Å². The zero-order valence-electron chi connectivity index (χ0n) is 15.9. The van der Waals surface area contributed by atoms with E-state index in [2.05, 4.69) is 32.2 Å². The molecule has 0 aliphatic carbocycles. The fourth-order valence-corrected chi connectivity index (χ4v) is 3.35. The molecule has 8 heteroatoms. The minimum Gasteiger partial charge on any atom is -0.384 e. The average Bonchev–Trinajstić information content (AvgIpc) is 2.90. The van der Waals surface area contributed by atoms with Crippen LogP contribution in [-0.2, 0) is 6.54 Å². The van der Waals surface area contributed by atoms with E-state index in [0.29, 0.717) is 18.4 Å². The van der Waals surface area contributed by atoms with Gasteiger partial charge in [0.1, 0.15) is 11.6 Å². The molecule has 144 valence electrons. The summed E-state index contributed by atoms with van der Waals surface area (Å²) >= 11 is 0. The number of urea groups is 1. The molecule has 1 atom stereocenters. The molecule has 1 fully saturated rings. The Labute approximate surface area is 159 Å². The number of hydrogen-bond acceptors (Lipinski definition) is 6.